The van der Waals surface area contributed by atoms with Gasteiger partial charge in [0.05, 0.1) is 5.60 Å². The maximum absolute atomic E-state index is 12.9. The van der Waals surface area contributed by atoms with Crippen molar-refractivity contribution in [3.05, 3.63) is 39.9 Å². The minimum Gasteiger partial charge on any atom is -0.390 e. The number of hydrogen-bond acceptors (Lipinski definition) is 2. The standard InChI is InChI=1S/C13H13F3N2O2/c1-12(20)4-7(5-12)9-6-18-10(13(14,15)16)2-8(19)3-11(18)17-9/h2-3,6-7,17,20H,4-5H2,1H3. The van der Waals surface area contributed by atoms with E-state index in [-0.39, 0.29) is 11.6 Å². The van der Waals surface area contributed by atoms with Gasteiger partial charge in [-0.1, -0.05) is 0 Å². The van der Waals surface area contributed by atoms with E-state index in [4.69, 9.17) is 0 Å². The first kappa shape index (κ1) is 13.2. The van der Waals surface area contributed by atoms with Crippen LogP contribution in [0.3, 0.4) is 0 Å². The van der Waals surface area contributed by atoms with Crippen LogP contribution in [0.5, 0.6) is 0 Å². The van der Waals surface area contributed by atoms with Crippen LogP contribution in [0, 0.1) is 0 Å². The lowest BCUT2D eigenvalue weighted by Crippen LogP contribution is -2.39. The zero-order chi connectivity index (χ0) is 14.7. The molecule has 0 saturated heterocycles. The zero-order valence-corrected chi connectivity index (χ0v) is 10.7. The highest BCUT2D eigenvalue weighted by Gasteiger charge is 2.40. The summed E-state index contributed by atoms with van der Waals surface area (Å²) in [4.78, 5) is 14.2. The summed E-state index contributed by atoms with van der Waals surface area (Å²) in [5.41, 5.74) is -1.72. The van der Waals surface area contributed by atoms with Crippen molar-refractivity contribution < 1.29 is 18.3 Å². The molecule has 7 heteroatoms. The topological polar surface area (TPSA) is 57.5 Å². The lowest BCUT2D eigenvalue weighted by atomic mass is 9.71. The maximum atomic E-state index is 12.9. The second kappa shape index (κ2) is 3.88. The van der Waals surface area contributed by atoms with Gasteiger partial charge in [0, 0.05) is 29.9 Å². The van der Waals surface area contributed by atoms with Gasteiger partial charge < -0.3 is 10.1 Å². The van der Waals surface area contributed by atoms with Gasteiger partial charge in [0.2, 0.25) is 0 Å². The SMILES string of the molecule is CC1(O)CC(c2cn3c(C(F)(F)F)cc(=O)cc3[nH]2)C1. The third-order valence-electron chi connectivity index (χ3n) is 3.72. The summed E-state index contributed by atoms with van der Waals surface area (Å²) >= 11 is 0. The number of nitrogens with one attached hydrogen (secondary N) is 1. The number of aromatic amines is 1. The number of nitrogens with zero attached hydrogens (tertiary/aromatic N) is 1. The van der Waals surface area contributed by atoms with Gasteiger partial charge in [-0.25, -0.2) is 0 Å². The summed E-state index contributed by atoms with van der Waals surface area (Å²) in [6.45, 7) is 1.69. The number of aliphatic hydroxyl groups is 1. The van der Waals surface area contributed by atoms with Crippen LogP contribution < -0.4 is 5.43 Å². The van der Waals surface area contributed by atoms with Gasteiger partial charge in [-0.3, -0.25) is 9.20 Å². The number of imidazole rings is 1. The number of pyridine rings is 1. The van der Waals surface area contributed by atoms with Crippen LogP contribution in [-0.2, 0) is 6.18 Å². The van der Waals surface area contributed by atoms with Gasteiger partial charge in [0.1, 0.15) is 11.3 Å². The lowest BCUT2D eigenvalue weighted by Gasteiger charge is -2.40. The van der Waals surface area contributed by atoms with Crippen LogP contribution in [-0.4, -0.2) is 20.1 Å². The Balaban J connectivity index is 2.10. The molecule has 108 valence electrons. The van der Waals surface area contributed by atoms with Crippen LogP contribution in [0.15, 0.2) is 23.1 Å². The summed E-state index contributed by atoms with van der Waals surface area (Å²) in [5.74, 6) is -0.0129. The lowest BCUT2D eigenvalue weighted by molar-refractivity contribution is -0.142. The molecule has 1 aliphatic carbocycles. The Morgan fingerprint density at radius 1 is 1.40 bits per heavy atom. The highest BCUT2D eigenvalue weighted by Crippen LogP contribution is 2.44. The smallest absolute Gasteiger partial charge is 0.390 e. The second-order valence-electron chi connectivity index (χ2n) is 5.64. The number of alkyl halides is 3. The number of aromatic nitrogens is 2. The number of rotatable bonds is 1. The Labute approximate surface area is 111 Å². The van der Waals surface area contributed by atoms with E-state index in [9.17, 15) is 23.1 Å². The van der Waals surface area contributed by atoms with E-state index < -0.39 is 22.9 Å². The van der Waals surface area contributed by atoms with Crippen molar-refractivity contribution >= 4 is 5.65 Å². The van der Waals surface area contributed by atoms with Gasteiger partial charge >= 0.3 is 6.18 Å². The first-order valence-electron chi connectivity index (χ1n) is 6.21. The van der Waals surface area contributed by atoms with E-state index in [0.717, 1.165) is 10.5 Å². The average Bonchev–Trinajstić information content (AvgIpc) is 2.66. The van der Waals surface area contributed by atoms with Crippen LogP contribution in [0.25, 0.3) is 5.65 Å². The Morgan fingerprint density at radius 2 is 2.05 bits per heavy atom. The normalized spacial score (nSPS) is 26.8. The Bertz CT molecular complexity index is 719. The molecule has 0 spiro atoms. The molecule has 3 rings (SSSR count). The fourth-order valence-electron chi connectivity index (χ4n) is 2.78. The summed E-state index contributed by atoms with van der Waals surface area (Å²) in [6.07, 6.45) is -2.25. The van der Waals surface area contributed by atoms with Crippen LogP contribution >= 0.6 is 0 Å². The van der Waals surface area contributed by atoms with Crippen molar-refractivity contribution in [2.45, 2.75) is 37.5 Å². The van der Waals surface area contributed by atoms with Gasteiger partial charge in [-0.2, -0.15) is 13.2 Å². The Morgan fingerprint density at radius 3 is 2.60 bits per heavy atom. The fourth-order valence-corrected chi connectivity index (χ4v) is 2.78. The first-order valence-corrected chi connectivity index (χ1v) is 6.21. The molecule has 0 aromatic carbocycles. The molecule has 1 aliphatic rings. The van der Waals surface area contributed by atoms with Crippen molar-refractivity contribution in [3.8, 4) is 0 Å². The summed E-state index contributed by atoms with van der Waals surface area (Å²) in [6, 6.07) is 1.72. The van der Waals surface area contributed by atoms with Crippen molar-refractivity contribution in [3.63, 3.8) is 0 Å². The van der Waals surface area contributed by atoms with Crippen molar-refractivity contribution in [1.29, 1.82) is 0 Å². The first-order chi connectivity index (χ1) is 9.16. The van der Waals surface area contributed by atoms with E-state index in [2.05, 4.69) is 4.98 Å². The van der Waals surface area contributed by atoms with Crippen molar-refractivity contribution in [1.82, 2.24) is 9.38 Å². The quantitative estimate of drug-likeness (QED) is 0.845. The summed E-state index contributed by atoms with van der Waals surface area (Å²) < 4.78 is 39.7. The van der Waals surface area contributed by atoms with E-state index in [1.54, 1.807) is 6.92 Å². The fraction of sp³-hybridized carbons (Fsp3) is 0.462. The molecule has 2 aromatic heterocycles. The van der Waals surface area contributed by atoms with Gasteiger partial charge in [0.25, 0.3) is 0 Å². The van der Waals surface area contributed by atoms with Crippen LogP contribution in [0.1, 0.15) is 37.1 Å². The molecule has 0 unspecified atom stereocenters. The highest BCUT2D eigenvalue weighted by atomic mass is 19.4. The number of halogens is 3. The molecule has 4 nitrogen and oxygen atoms in total. The number of fused-ring (bicyclic) bond motifs is 1. The van der Waals surface area contributed by atoms with E-state index in [0.29, 0.717) is 24.6 Å². The molecule has 2 N–H and O–H groups in total. The Kier molecular flexibility index (Phi) is 2.57. The van der Waals surface area contributed by atoms with Gasteiger partial charge in [-0.05, 0) is 19.8 Å². The highest BCUT2D eigenvalue weighted by molar-refractivity contribution is 5.43. The van der Waals surface area contributed by atoms with Gasteiger partial charge in [0.15, 0.2) is 5.43 Å². The zero-order valence-electron chi connectivity index (χ0n) is 10.7. The van der Waals surface area contributed by atoms with E-state index >= 15 is 0 Å². The summed E-state index contributed by atoms with van der Waals surface area (Å²) in [5, 5.41) is 9.70. The molecular formula is C13H13F3N2O2. The van der Waals surface area contributed by atoms with Crippen molar-refractivity contribution in [2.75, 3.05) is 0 Å². The minimum absolute atomic E-state index is 0.0129. The third-order valence-corrected chi connectivity index (χ3v) is 3.72. The number of hydrogen-bond donors (Lipinski definition) is 2. The van der Waals surface area contributed by atoms with Crippen LogP contribution in [0.4, 0.5) is 13.2 Å². The van der Waals surface area contributed by atoms with Crippen LogP contribution in [0.2, 0.25) is 0 Å². The molecule has 20 heavy (non-hydrogen) atoms. The molecule has 1 saturated carbocycles. The van der Waals surface area contributed by atoms with E-state index in [1.807, 2.05) is 0 Å². The Hall–Kier alpha value is -1.76. The molecule has 0 radical (unpaired) electrons. The predicted octanol–water partition coefficient (Wildman–Crippen LogP) is 2.27. The summed E-state index contributed by atoms with van der Waals surface area (Å²) in [7, 11) is 0. The molecule has 0 amide bonds. The van der Waals surface area contributed by atoms with Gasteiger partial charge in [-0.15, -0.1) is 0 Å². The maximum Gasteiger partial charge on any atom is 0.431 e. The molecule has 2 aromatic rings. The number of H-pyrrole nitrogens is 1. The minimum atomic E-state index is -4.59. The average molecular weight is 286 g/mol. The third kappa shape index (κ3) is 2.11. The molecule has 0 bridgehead atoms. The van der Waals surface area contributed by atoms with Crippen molar-refractivity contribution in [2.24, 2.45) is 0 Å². The second-order valence-corrected chi connectivity index (χ2v) is 5.64. The molecular weight excluding hydrogens is 273 g/mol. The predicted molar refractivity (Wildman–Crippen MR) is 65.6 cm³/mol. The molecule has 2 heterocycles. The largest absolute Gasteiger partial charge is 0.431 e. The van der Waals surface area contributed by atoms with E-state index in [1.165, 1.54) is 6.20 Å². The molecule has 0 atom stereocenters. The molecule has 0 aliphatic heterocycles. The molecule has 1 fully saturated rings. The monoisotopic (exact) mass is 286 g/mol.